The first kappa shape index (κ1) is 21.8. The number of benzene rings is 1. The number of aromatic amines is 1. The Bertz CT molecular complexity index is 1310. The second-order valence-corrected chi connectivity index (χ2v) is 7.20. The predicted molar refractivity (Wildman–Crippen MR) is 120 cm³/mol. The average Bonchev–Trinajstić information content (AvgIpc) is 2.82. The monoisotopic (exact) mass is 445 g/mol. The second kappa shape index (κ2) is 9.82. The standard InChI is InChI=1S/C24H20FN5O3/c1-15-20(24(32)30-23(28-15)16-10-12-26-13-11-16)7-8-21(31)29-18-4-9-22(27-14-18)33-19-5-2-17(25)3-6-19/h2-6,9-14H,7-8H2,1H3,(H,29,31)(H,28,30,32). The van der Waals surface area contributed by atoms with Gasteiger partial charge in [0.1, 0.15) is 17.4 Å². The number of halogens is 1. The van der Waals surface area contributed by atoms with Crippen molar-refractivity contribution in [3.05, 3.63) is 94.5 Å². The zero-order valence-electron chi connectivity index (χ0n) is 17.7. The Labute approximate surface area is 188 Å². The summed E-state index contributed by atoms with van der Waals surface area (Å²) in [5.74, 6) is 0.598. The van der Waals surface area contributed by atoms with Crippen molar-refractivity contribution in [2.75, 3.05) is 5.32 Å². The van der Waals surface area contributed by atoms with Crippen LogP contribution in [0.15, 0.2) is 71.9 Å². The van der Waals surface area contributed by atoms with Crippen LogP contribution in [-0.2, 0) is 11.2 Å². The Hall–Kier alpha value is -4.40. The predicted octanol–water partition coefficient (Wildman–Crippen LogP) is 4.04. The smallest absolute Gasteiger partial charge is 0.254 e. The Kier molecular flexibility index (Phi) is 6.49. The zero-order valence-corrected chi connectivity index (χ0v) is 17.7. The molecule has 4 rings (SSSR count). The van der Waals surface area contributed by atoms with Crippen molar-refractivity contribution in [2.24, 2.45) is 0 Å². The fourth-order valence-electron chi connectivity index (χ4n) is 3.15. The highest BCUT2D eigenvalue weighted by molar-refractivity contribution is 5.90. The second-order valence-electron chi connectivity index (χ2n) is 7.20. The van der Waals surface area contributed by atoms with E-state index >= 15 is 0 Å². The van der Waals surface area contributed by atoms with Crippen molar-refractivity contribution in [2.45, 2.75) is 19.8 Å². The fraction of sp³-hybridized carbons (Fsp3) is 0.125. The topological polar surface area (TPSA) is 110 Å². The fourth-order valence-corrected chi connectivity index (χ4v) is 3.15. The number of carbonyl (C=O) groups is 1. The normalized spacial score (nSPS) is 10.6. The molecule has 2 N–H and O–H groups in total. The lowest BCUT2D eigenvalue weighted by molar-refractivity contribution is -0.116. The number of carbonyl (C=O) groups excluding carboxylic acids is 1. The molecule has 3 heterocycles. The molecule has 0 aliphatic rings. The van der Waals surface area contributed by atoms with Crippen molar-refractivity contribution in [3.63, 3.8) is 0 Å². The summed E-state index contributed by atoms with van der Waals surface area (Å²) in [4.78, 5) is 40.2. The van der Waals surface area contributed by atoms with E-state index < -0.39 is 0 Å². The third-order valence-electron chi connectivity index (χ3n) is 4.83. The number of ether oxygens (including phenoxy) is 1. The summed E-state index contributed by atoms with van der Waals surface area (Å²) in [6, 6.07) is 12.3. The van der Waals surface area contributed by atoms with Gasteiger partial charge in [-0.1, -0.05) is 0 Å². The summed E-state index contributed by atoms with van der Waals surface area (Å²) in [5, 5.41) is 2.74. The van der Waals surface area contributed by atoms with Crippen LogP contribution in [0.5, 0.6) is 11.6 Å². The van der Waals surface area contributed by atoms with Crippen LogP contribution in [0.1, 0.15) is 17.7 Å². The van der Waals surface area contributed by atoms with Crippen LogP contribution < -0.4 is 15.6 Å². The van der Waals surface area contributed by atoms with E-state index in [0.29, 0.717) is 34.4 Å². The molecule has 0 saturated carbocycles. The first-order chi connectivity index (χ1) is 16.0. The minimum Gasteiger partial charge on any atom is -0.439 e. The molecule has 9 heteroatoms. The lowest BCUT2D eigenvalue weighted by Crippen LogP contribution is -2.20. The summed E-state index contributed by atoms with van der Waals surface area (Å²) in [5.41, 5.74) is 2.01. The lowest BCUT2D eigenvalue weighted by Gasteiger charge is -2.09. The van der Waals surface area contributed by atoms with Crippen molar-refractivity contribution >= 4 is 11.6 Å². The molecule has 0 fully saturated rings. The van der Waals surface area contributed by atoms with Gasteiger partial charge in [-0.05, 0) is 55.8 Å². The molecule has 0 atom stereocenters. The molecule has 0 aliphatic carbocycles. The van der Waals surface area contributed by atoms with Gasteiger partial charge in [-0.2, -0.15) is 0 Å². The lowest BCUT2D eigenvalue weighted by atomic mass is 10.1. The van der Waals surface area contributed by atoms with Gasteiger partial charge in [0.2, 0.25) is 11.8 Å². The van der Waals surface area contributed by atoms with E-state index in [-0.39, 0.29) is 30.1 Å². The summed E-state index contributed by atoms with van der Waals surface area (Å²) >= 11 is 0. The molecule has 1 aromatic carbocycles. The number of hydrogen-bond donors (Lipinski definition) is 2. The van der Waals surface area contributed by atoms with Gasteiger partial charge in [0, 0.05) is 41.7 Å². The molecule has 33 heavy (non-hydrogen) atoms. The number of pyridine rings is 2. The molecule has 3 aromatic heterocycles. The molecular weight excluding hydrogens is 425 g/mol. The Morgan fingerprint density at radius 3 is 2.52 bits per heavy atom. The van der Waals surface area contributed by atoms with Gasteiger partial charge in [0.15, 0.2) is 0 Å². The SMILES string of the molecule is Cc1nc(-c2ccncc2)[nH]c(=O)c1CCC(=O)Nc1ccc(Oc2ccc(F)cc2)nc1. The Balaban J connectivity index is 1.34. The first-order valence-electron chi connectivity index (χ1n) is 10.2. The van der Waals surface area contributed by atoms with E-state index in [1.807, 2.05) is 0 Å². The minimum atomic E-state index is -0.356. The van der Waals surface area contributed by atoms with Crippen molar-refractivity contribution in [3.8, 4) is 23.0 Å². The highest BCUT2D eigenvalue weighted by Gasteiger charge is 2.12. The number of aryl methyl sites for hydroxylation is 1. The van der Waals surface area contributed by atoms with Crippen LogP contribution in [0.2, 0.25) is 0 Å². The third kappa shape index (κ3) is 5.65. The Morgan fingerprint density at radius 2 is 1.85 bits per heavy atom. The minimum absolute atomic E-state index is 0.105. The van der Waals surface area contributed by atoms with Gasteiger partial charge in [0.05, 0.1) is 11.9 Å². The molecule has 8 nitrogen and oxygen atoms in total. The van der Waals surface area contributed by atoms with Crippen molar-refractivity contribution in [1.82, 2.24) is 19.9 Å². The van der Waals surface area contributed by atoms with Crippen LogP contribution >= 0.6 is 0 Å². The quantitative estimate of drug-likeness (QED) is 0.444. The van der Waals surface area contributed by atoms with E-state index in [1.54, 1.807) is 43.6 Å². The Morgan fingerprint density at radius 1 is 1.09 bits per heavy atom. The number of H-pyrrole nitrogens is 1. The van der Waals surface area contributed by atoms with Gasteiger partial charge in [0.25, 0.3) is 5.56 Å². The summed E-state index contributed by atoms with van der Waals surface area (Å²) in [6.07, 6.45) is 5.06. The zero-order chi connectivity index (χ0) is 23.2. The number of rotatable bonds is 7. The number of hydrogen-bond acceptors (Lipinski definition) is 6. The van der Waals surface area contributed by atoms with Gasteiger partial charge in [-0.25, -0.2) is 14.4 Å². The summed E-state index contributed by atoms with van der Waals surface area (Å²) < 4.78 is 18.5. The molecule has 0 spiro atoms. The number of amides is 1. The van der Waals surface area contributed by atoms with Crippen LogP contribution in [0.3, 0.4) is 0 Å². The van der Waals surface area contributed by atoms with Crippen LogP contribution in [0.4, 0.5) is 10.1 Å². The van der Waals surface area contributed by atoms with Crippen molar-refractivity contribution < 1.29 is 13.9 Å². The van der Waals surface area contributed by atoms with Crippen LogP contribution in [-0.4, -0.2) is 25.8 Å². The molecule has 0 radical (unpaired) electrons. The van der Waals surface area contributed by atoms with Crippen molar-refractivity contribution in [1.29, 1.82) is 0 Å². The average molecular weight is 445 g/mol. The first-order valence-corrected chi connectivity index (χ1v) is 10.2. The highest BCUT2D eigenvalue weighted by atomic mass is 19.1. The number of nitrogens with zero attached hydrogens (tertiary/aromatic N) is 3. The maximum absolute atomic E-state index is 13.0. The number of aromatic nitrogens is 4. The molecule has 0 unspecified atom stereocenters. The van der Waals surface area contributed by atoms with E-state index in [9.17, 15) is 14.0 Å². The van der Waals surface area contributed by atoms with E-state index in [0.717, 1.165) is 5.56 Å². The molecule has 0 aliphatic heterocycles. The highest BCUT2D eigenvalue weighted by Crippen LogP contribution is 2.21. The maximum Gasteiger partial charge on any atom is 0.254 e. The molecule has 1 amide bonds. The van der Waals surface area contributed by atoms with Gasteiger partial charge < -0.3 is 15.0 Å². The molecular formula is C24H20FN5O3. The van der Waals surface area contributed by atoms with E-state index in [1.165, 1.54) is 30.5 Å². The molecule has 0 saturated heterocycles. The van der Waals surface area contributed by atoms with Gasteiger partial charge in [-0.3, -0.25) is 14.6 Å². The van der Waals surface area contributed by atoms with E-state index in [4.69, 9.17) is 4.74 Å². The van der Waals surface area contributed by atoms with Gasteiger partial charge in [-0.15, -0.1) is 0 Å². The third-order valence-corrected chi connectivity index (χ3v) is 4.83. The number of anilines is 1. The molecule has 166 valence electrons. The molecule has 0 bridgehead atoms. The molecule has 4 aromatic rings. The maximum atomic E-state index is 13.0. The van der Waals surface area contributed by atoms with Crippen LogP contribution in [0.25, 0.3) is 11.4 Å². The van der Waals surface area contributed by atoms with Gasteiger partial charge >= 0.3 is 0 Å². The summed E-state index contributed by atoms with van der Waals surface area (Å²) in [6.45, 7) is 1.75. The van der Waals surface area contributed by atoms with Crippen LogP contribution in [0, 0.1) is 12.7 Å². The number of nitrogens with one attached hydrogen (secondary N) is 2. The summed E-state index contributed by atoms with van der Waals surface area (Å²) in [7, 11) is 0. The van der Waals surface area contributed by atoms with E-state index in [2.05, 4.69) is 25.3 Å². The largest absolute Gasteiger partial charge is 0.439 e.